The number of thiocarbonyl (C=S) groups is 1. The Labute approximate surface area is 248 Å². The van der Waals surface area contributed by atoms with Crippen LogP contribution in [0.15, 0.2) is 35.3 Å². The quantitative estimate of drug-likeness (QED) is 0.238. The number of aromatic nitrogens is 5. The molecule has 1 aromatic carbocycles. The number of nitrogens with zero attached hydrogens (tertiary/aromatic N) is 7. The fourth-order valence-electron chi connectivity index (χ4n) is 5.87. The molecule has 0 unspecified atom stereocenters. The highest BCUT2D eigenvalue weighted by Crippen LogP contribution is 2.49. The second-order valence-corrected chi connectivity index (χ2v) is 11.0. The van der Waals surface area contributed by atoms with Crippen molar-refractivity contribution in [1.29, 1.82) is 0 Å². The van der Waals surface area contributed by atoms with Crippen LogP contribution in [-0.2, 0) is 11.2 Å². The molecule has 1 saturated heterocycles. The summed E-state index contributed by atoms with van der Waals surface area (Å²) in [5.41, 5.74) is 2.39. The summed E-state index contributed by atoms with van der Waals surface area (Å²) in [5.74, 6) is 1.77. The number of hydrogen-bond donors (Lipinski definition) is 1. The van der Waals surface area contributed by atoms with Crippen molar-refractivity contribution in [3.05, 3.63) is 69.3 Å². The highest BCUT2D eigenvalue weighted by Gasteiger charge is 2.59. The van der Waals surface area contributed by atoms with E-state index in [0.29, 0.717) is 76.3 Å². The predicted molar refractivity (Wildman–Crippen MR) is 163 cm³/mol. The Balaban J connectivity index is 1.49. The van der Waals surface area contributed by atoms with Crippen LogP contribution in [0.2, 0.25) is 0 Å². The van der Waals surface area contributed by atoms with E-state index in [4.69, 9.17) is 28.6 Å². The number of aryl methyl sites for hydroxylation is 3. The second kappa shape index (κ2) is 10.3. The average Bonchev–Trinajstić information content (AvgIpc) is 3.39. The largest absolute Gasteiger partial charge is 0.493 e. The summed E-state index contributed by atoms with van der Waals surface area (Å²) in [5, 5.41) is 5.14. The summed E-state index contributed by atoms with van der Waals surface area (Å²) in [7, 11) is 0. The van der Waals surface area contributed by atoms with Crippen LogP contribution >= 0.6 is 12.2 Å². The number of pyridine rings is 1. The molecule has 1 saturated carbocycles. The smallest absolute Gasteiger partial charge is 0.277 e. The lowest BCUT2D eigenvalue weighted by Gasteiger charge is -2.43. The molecule has 1 aliphatic carbocycles. The number of hydrogen-bond acceptors (Lipinski definition) is 7. The molecule has 11 nitrogen and oxygen atoms in total. The minimum absolute atomic E-state index is 0.114. The van der Waals surface area contributed by atoms with Crippen LogP contribution in [0.4, 0.5) is 17.2 Å². The summed E-state index contributed by atoms with van der Waals surface area (Å²) in [4.78, 5) is 45.9. The van der Waals surface area contributed by atoms with Gasteiger partial charge in [0.25, 0.3) is 17.3 Å². The number of nitrogens with one attached hydrogen (secondary N) is 1. The highest BCUT2D eigenvalue weighted by atomic mass is 32.1. The normalized spacial score (nSPS) is 15.9. The summed E-state index contributed by atoms with van der Waals surface area (Å²) in [6.07, 6.45) is 5.24. The van der Waals surface area contributed by atoms with Crippen molar-refractivity contribution < 1.29 is 9.53 Å². The van der Waals surface area contributed by atoms with E-state index in [-0.39, 0.29) is 17.3 Å². The number of benzene rings is 1. The molecule has 6 rings (SSSR count). The van der Waals surface area contributed by atoms with Crippen molar-refractivity contribution in [3.63, 3.8) is 0 Å². The maximum absolute atomic E-state index is 14.0. The Morgan fingerprint density at radius 2 is 1.95 bits per heavy atom. The average molecular weight is 583 g/mol. The molecule has 1 spiro atoms. The third kappa shape index (κ3) is 4.07. The minimum Gasteiger partial charge on any atom is -0.493 e. The number of rotatable bonds is 7. The number of aromatic amines is 1. The lowest BCUT2D eigenvalue weighted by Crippen LogP contribution is -2.55. The van der Waals surface area contributed by atoms with Gasteiger partial charge >= 0.3 is 0 Å². The summed E-state index contributed by atoms with van der Waals surface area (Å²) in [6.45, 7) is 15.3. The van der Waals surface area contributed by atoms with Gasteiger partial charge in [0.15, 0.2) is 16.5 Å². The maximum atomic E-state index is 14.0. The van der Waals surface area contributed by atoms with Gasteiger partial charge in [0, 0.05) is 12.1 Å². The molecule has 12 heteroatoms. The Hall–Kier alpha value is -4.63. The zero-order chi connectivity index (χ0) is 29.8. The van der Waals surface area contributed by atoms with E-state index >= 15 is 0 Å². The molecule has 3 aromatic heterocycles. The second-order valence-electron chi connectivity index (χ2n) is 10.6. The van der Waals surface area contributed by atoms with E-state index in [9.17, 15) is 9.59 Å². The minimum atomic E-state index is -0.825. The molecule has 1 N–H and O–H groups in total. The number of ether oxygens (including phenoxy) is 1. The first-order chi connectivity index (χ1) is 20.2. The van der Waals surface area contributed by atoms with Crippen LogP contribution in [0.3, 0.4) is 0 Å². The fraction of sp³-hybridized carbons (Fsp3) is 0.367. The van der Waals surface area contributed by atoms with Crippen LogP contribution in [0.5, 0.6) is 5.75 Å². The molecule has 214 valence electrons. The first-order valence-corrected chi connectivity index (χ1v) is 14.4. The molecular weight excluding hydrogens is 552 g/mol. The van der Waals surface area contributed by atoms with E-state index < -0.39 is 5.54 Å². The zero-order valence-corrected chi connectivity index (χ0v) is 24.7. The molecular formula is C30H30N8O3S. The number of fused-ring (bicyclic) bond motifs is 1. The topological polar surface area (TPSA) is 113 Å². The first-order valence-electron chi connectivity index (χ1n) is 14.0. The van der Waals surface area contributed by atoms with E-state index in [1.807, 2.05) is 30.0 Å². The van der Waals surface area contributed by atoms with Crippen molar-refractivity contribution >= 4 is 45.9 Å². The molecule has 0 radical (unpaired) electrons. The van der Waals surface area contributed by atoms with Crippen LogP contribution < -0.4 is 20.1 Å². The SMILES string of the molecule is [C-]#[N+]c1ncc(N2C(=O)C3(CCC3)N(c3ccc(OCC)c(-c4nn5c(CCC)nc(C)c5c(=O)[nH]4)c3)C2=S)cc1C. The van der Waals surface area contributed by atoms with Gasteiger partial charge in [0.1, 0.15) is 23.3 Å². The van der Waals surface area contributed by atoms with Gasteiger partial charge in [0.05, 0.1) is 23.6 Å². The van der Waals surface area contributed by atoms with Gasteiger partial charge in [-0.2, -0.15) is 0 Å². The van der Waals surface area contributed by atoms with E-state index in [1.54, 1.807) is 24.4 Å². The Kier molecular flexibility index (Phi) is 6.77. The van der Waals surface area contributed by atoms with E-state index in [0.717, 1.165) is 18.7 Å². The van der Waals surface area contributed by atoms with Crippen LogP contribution in [0, 0.1) is 20.4 Å². The van der Waals surface area contributed by atoms with Crippen LogP contribution in [0.25, 0.3) is 21.7 Å². The zero-order valence-electron chi connectivity index (χ0n) is 23.9. The van der Waals surface area contributed by atoms with Crippen molar-refractivity contribution in [2.45, 2.75) is 65.3 Å². The van der Waals surface area contributed by atoms with Gasteiger partial charge in [-0.25, -0.2) is 9.50 Å². The number of anilines is 2. The standard InChI is InChI=1S/C30H30N8O3S/c1-6-9-23-33-18(4)24-27(39)34-26(35-38(23)24)21-15-19(10-11-22(21)41-7-2)37-29(42)36(28(40)30(37)12-8-13-30)20-14-17(3)25(31-5)32-16-20/h10-11,14-16H,6-9,12-13H2,1-4H3,(H,34,35,39). The molecule has 2 fully saturated rings. The van der Waals surface area contributed by atoms with Crippen molar-refractivity contribution in [2.24, 2.45) is 0 Å². The molecule has 42 heavy (non-hydrogen) atoms. The number of imidazole rings is 1. The lowest BCUT2D eigenvalue weighted by atomic mass is 9.75. The number of carbonyl (C=O) groups is 1. The molecule has 4 heterocycles. The van der Waals surface area contributed by atoms with Crippen molar-refractivity contribution in [1.82, 2.24) is 24.6 Å². The Morgan fingerprint density at radius 1 is 1.17 bits per heavy atom. The lowest BCUT2D eigenvalue weighted by molar-refractivity contribution is -0.123. The van der Waals surface area contributed by atoms with Gasteiger partial charge in [-0.05, 0) is 88.5 Å². The molecule has 4 aromatic rings. The summed E-state index contributed by atoms with van der Waals surface area (Å²) < 4.78 is 7.58. The van der Waals surface area contributed by atoms with Gasteiger partial charge in [-0.15, -0.1) is 10.1 Å². The summed E-state index contributed by atoms with van der Waals surface area (Å²) >= 11 is 5.96. The maximum Gasteiger partial charge on any atom is 0.277 e. The molecule has 0 atom stereocenters. The number of amides is 1. The highest BCUT2D eigenvalue weighted by molar-refractivity contribution is 7.81. The van der Waals surface area contributed by atoms with E-state index in [1.165, 1.54) is 11.1 Å². The fourth-order valence-corrected chi connectivity index (χ4v) is 6.33. The van der Waals surface area contributed by atoms with Crippen molar-refractivity contribution in [3.8, 4) is 17.1 Å². The summed E-state index contributed by atoms with van der Waals surface area (Å²) in [6, 6.07) is 7.34. The van der Waals surface area contributed by atoms with Crippen molar-refractivity contribution in [2.75, 3.05) is 16.4 Å². The first kappa shape index (κ1) is 27.5. The number of carbonyl (C=O) groups excluding carboxylic acids is 1. The van der Waals surface area contributed by atoms with Gasteiger partial charge in [-0.3, -0.25) is 14.5 Å². The van der Waals surface area contributed by atoms with Gasteiger partial charge in [0.2, 0.25) is 0 Å². The molecule has 2 aliphatic rings. The van der Waals surface area contributed by atoms with Crippen LogP contribution in [-0.4, -0.2) is 47.7 Å². The monoisotopic (exact) mass is 582 g/mol. The molecule has 1 amide bonds. The Morgan fingerprint density at radius 3 is 2.60 bits per heavy atom. The Bertz CT molecular complexity index is 1870. The molecule has 0 bridgehead atoms. The van der Waals surface area contributed by atoms with E-state index in [2.05, 4.69) is 26.7 Å². The third-order valence-corrected chi connectivity index (χ3v) is 8.35. The van der Waals surface area contributed by atoms with Crippen LogP contribution in [0.1, 0.15) is 56.6 Å². The van der Waals surface area contributed by atoms with Gasteiger partial charge in [-0.1, -0.05) is 13.5 Å². The predicted octanol–water partition coefficient (Wildman–Crippen LogP) is 5.06. The van der Waals surface area contributed by atoms with Gasteiger partial charge < -0.3 is 19.5 Å². The molecule has 1 aliphatic heterocycles. The third-order valence-electron chi connectivity index (χ3n) is 7.99. The number of H-pyrrole nitrogens is 1.